The minimum absolute atomic E-state index is 0.273. The van der Waals surface area contributed by atoms with Gasteiger partial charge in [0, 0.05) is 0 Å². The van der Waals surface area contributed by atoms with Crippen molar-refractivity contribution in [3.8, 4) is 5.75 Å². The summed E-state index contributed by atoms with van der Waals surface area (Å²) in [7, 11) is 0. The molecule has 0 aliphatic rings. The molecule has 0 unspecified atom stereocenters. The van der Waals surface area contributed by atoms with Crippen molar-refractivity contribution in [2.24, 2.45) is 0 Å². The number of hydrogen-bond donors (Lipinski definition) is 2. The van der Waals surface area contributed by atoms with E-state index in [1.807, 2.05) is 6.92 Å². The van der Waals surface area contributed by atoms with Crippen LogP contribution in [0, 0.1) is 0 Å². The summed E-state index contributed by atoms with van der Waals surface area (Å²) < 4.78 is 5.82. The van der Waals surface area contributed by atoms with E-state index in [4.69, 9.17) is 10.5 Å². The standard InChI is InChI=1S/C27H47NO3/c1-3-5-6-7-8-9-10-11-12-13-14-15-16-17-18-19-22-31-25-21-20-24(27(29)30)23(4-2)26(25)28/h20-21H,3-19,22,28H2,1-2H3,(H,29,30). The first-order chi connectivity index (χ1) is 15.1. The van der Waals surface area contributed by atoms with E-state index in [0.29, 0.717) is 30.0 Å². The molecule has 0 saturated heterocycles. The normalized spacial score (nSPS) is 11.0. The van der Waals surface area contributed by atoms with Crippen LogP contribution in [0.15, 0.2) is 12.1 Å². The zero-order chi connectivity index (χ0) is 22.7. The lowest BCUT2D eigenvalue weighted by atomic mass is 10.0. The van der Waals surface area contributed by atoms with Crippen molar-refractivity contribution >= 4 is 11.7 Å². The van der Waals surface area contributed by atoms with Gasteiger partial charge in [-0.05, 0) is 30.5 Å². The molecular formula is C27H47NO3. The Hall–Kier alpha value is -1.71. The number of hydrogen-bond acceptors (Lipinski definition) is 3. The van der Waals surface area contributed by atoms with Gasteiger partial charge < -0.3 is 15.6 Å². The van der Waals surface area contributed by atoms with E-state index < -0.39 is 5.97 Å². The molecule has 0 atom stereocenters. The fourth-order valence-electron chi connectivity index (χ4n) is 4.18. The Bertz CT molecular complexity index is 600. The van der Waals surface area contributed by atoms with Crippen LogP contribution in [-0.4, -0.2) is 17.7 Å². The van der Waals surface area contributed by atoms with E-state index in [0.717, 1.165) is 6.42 Å². The van der Waals surface area contributed by atoms with Gasteiger partial charge >= 0.3 is 5.97 Å². The Morgan fingerprint density at radius 3 is 1.65 bits per heavy atom. The fourth-order valence-corrected chi connectivity index (χ4v) is 4.18. The number of nitrogens with two attached hydrogens (primary N) is 1. The van der Waals surface area contributed by atoms with E-state index in [9.17, 15) is 9.90 Å². The van der Waals surface area contributed by atoms with Gasteiger partial charge in [-0.2, -0.15) is 0 Å². The zero-order valence-corrected chi connectivity index (χ0v) is 20.2. The Morgan fingerprint density at radius 2 is 1.23 bits per heavy atom. The molecule has 3 N–H and O–H groups in total. The molecule has 0 spiro atoms. The summed E-state index contributed by atoms with van der Waals surface area (Å²) in [6.45, 7) is 4.83. The topological polar surface area (TPSA) is 72.5 Å². The second kappa shape index (κ2) is 17.9. The number of carboxylic acids is 1. The number of aromatic carboxylic acids is 1. The van der Waals surface area contributed by atoms with E-state index in [1.165, 1.54) is 96.3 Å². The van der Waals surface area contributed by atoms with Crippen LogP contribution in [0.5, 0.6) is 5.75 Å². The molecular weight excluding hydrogens is 386 g/mol. The van der Waals surface area contributed by atoms with Gasteiger partial charge in [-0.1, -0.05) is 110 Å². The number of rotatable bonds is 20. The van der Waals surface area contributed by atoms with Gasteiger partial charge in [0.15, 0.2) is 0 Å². The molecule has 4 nitrogen and oxygen atoms in total. The van der Waals surface area contributed by atoms with Crippen molar-refractivity contribution in [2.45, 2.75) is 123 Å². The van der Waals surface area contributed by atoms with Gasteiger partial charge in [-0.15, -0.1) is 0 Å². The largest absolute Gasteiger partial charge is 0.491 e. The highest BCUT2D eigenvalue weighted by Crippen LogP contribution is 2.29. The number of carbonyl (C=O) groups is 1. The van der Waals surface area contributed by atoms with Crippen molar-refractivity contribution in [1.82, 2.24) is 0 Å². The average Bonchev–Trinajstić information content (AvgIpc) is 2.76. The molecule has 0 aromatic heterocycles. The summed E-state index contributed by atoms with van der Waals surface area (Å²) in [5, 5.41) is 9.25. The number of carboxylic acid groups (broad SMARTS) is 1. The summed E-state index contributed by atoms with van der Waals surface area (Å²) in [4.78, 5) is 11.3. The highest BCUT2D eigenvalue weighted by atomic mass is 16.5. The molecule has 0 aliphatic carbocycles. The second-order valence-electron chi connectivity index (χ2n) is 8.81. The first-order valence-electron chi connectivity index (χ1n) is 12.9. The van der Waals surface area contributed by atoms with Gasteiger partial charge in [0.1, 0.15) is 5.75 Å². The van der Waals surface area contributed by atoms with Crippen molar-refractivity contribution in [3.63, 3.8) is 0 Å². The van der Waals surface area contributed by atoms with Gasteiger partial charge in [0.05, 0.1) is 17.9 Å². The van der Waals surface area contributed by atoms with Crippen LogP contribution >= 0.6 is 0 Å². The molecule has 0 radical (unpaired) electrons. The minimum Gasteiger partial charge on any atom is -0.491 e. The molecule has 1 aromatic carbocycles. The third-order valence-electron chi connectivity index (χ3n) is 6.16. The molecule has 0 heterocycles. The van der Waals surface area contributed by atoms with Crippen LogP contribution in [0.1, 0.15) is 133 Å². The quantitative estimate of drug-likeness (QED) is 0.161. The first-order valence-corrected chi connectivity index (χ1v) is 12.9. The molecule has 4 heteroatoms. The highest BCUT2D eigenvalue weighted by molar-refractivity contribution is 5.92. The van der Waals surface area contributed by atoms with Crippen LogP contribution in [-0.2, 0) is 6.42 Å². The summed E-state index contributed by atoms with van der Waals surface area (Å²) in [5.41, 5.74) is 7.52. The molecule has 31 heavy (non-hydrogen) atoms. The van der Waals surface area contributed by atoms with Crippen LogP contribution < -0.4 is 10.5 Å². The third-order valence-corrected chi connectivity index (χ3v) is 6.16. The number of ether oxygens (including phenoxy) is 1. The van der Waals surface area contributed by atoms with Crippen LogP contribution in [0.2, 0.25) is 0 Å². The van der Waals surface area contributed by atoms with Gasteiger partial charge in [-0.3, -0.25) is 0 Å². The predicted octanol–water partition coefficient (Wildman–Crippen LogP) is 8.17. The Kier molecular flexibility index (Phi) is 15.8. The monoisotopic (exact) mass is 433 g/mol. The smallest absolute Gasteiger partial charge is 0.336 e. The lowest BCUT2D eigenvalue weighted by Crippen LogP contribution is -2.08. The third kappa shape index (κ3) is 12.0. The summed E-state index contributed by atoms with van der Waals surface area (Å²) in [6, 6.07) is 3.28. The lowest BCUT2D eigenvalue weighted by Gasteiger charge is -2.14. The lowest BCUT2D eigenvalue weighted by molar-refractivity contribution is 0.0695. The number of benzene rings is 1. The van der Waals surface area contributed by atoms with E-state index in [2.05, 4.69) is 6.92 Å². The van der Waals surface area contributed by atoms with Gasteiger partial charge in [0.25, 0.3) is 0 Å². The Morgan fingerprint density at radius 1 is 0.774 bits per heavy atom. The van der Waals surface area contributed by atoms with E-state index >= 15 is 0 Å². The first kappa shape index (κ1) is 27.3. The molecule has 0 fully saturated rings. The van der Waals surface area contributed by atoms with Crippen molar-refractivity contribution in [1.29, 1.82) is 0 Å². The molecule has 1 aromatic rings. The molecule has 1 rings (SSSR count). The molecule has 0 saturated carbocycles. The molecule has 0 amide bonds. The van der Waals surface area contributed by atoms with Crippen molar-refractivity contribution in [2.75, 3.05) is 12.3 Å². The van der Waals surface area contributed by atoms with Crippen molar-refractivity contribution in [3.05, 3.63) is 23.3 Å². The predicted molar refractivity (Wildman–Crippen MR) is 132 cm³/mol. The zero-order valence-electron chi connectivity index (χ0n) is 20.2. The highest BCUT2D eigenvalue weighted by Gasteiger charge is 2.15. The van der Waals surface area contributed by atoms with E-state index in [-0.39, 0.29) is 5.56 Å². The minimum atomic E-state index is -0.937. The number of nitrogen functional groups attached to an aromatic ring is 1. The van der Waals surface area contributed by atoms with Crippen LogP contribution in [0.3, 0.4) is 0 Å². The molecule has 178 valence electrons. The molecule has 0 aliphatic heterocycles. The Balaban J connectivity index is 1.97. The summed E-state index contributed by atoms with van der Waals surface area (Å²) >= 11 is 0. The maximum atomic E-state index is 11.3. The fraction of sp³-hybridized carbons (Fsp3) is 0.741. The number of anilines is 1. The number of unbranched alkanes of at least 4 members (excludes halogenated alkanes) is 15. The van der Waals surface area contributed by atoms with Crippen molar-refractivity contribution < 1.29 is 14.6 Å². The average molecular weight is 434 g/mol. The SMILES string of the molecule is CCCCCCCCCCCCCCCCCCOc1ccc(C(=O)O)c(CC)c1N. The maximum Gasteiger partial charge on any atom is 0.336 e. The Labute approximate surface area is 191 Å². The van der Waals surface area contributed by atoms with Crippen LogP contribution in [0.25, 0.3) is 0 Å². The van der Waals surface area contributed by atoms with Crippen LogP contribution in [0.4, 0.5) is 5.69 Å². The van der Waals surface area contributed by atoms with Gasteiger partial charge in [0.2, 0.25) is 0 Å². The maximum absolute atomic E-state index is 11.3. The molecule has 0 bridgehead atoms. The summed E-state index contributed by atoms with van der Waals surface area (Å²) in [6.07, 6.45) is 22.2. The second-order valence-corrected chi connectivity index (χ2v) is 8.81. The van der Waals surface area contributed by atoms with E-state index in [1.54, 1.807) is 12.1 Å². The summed E-state index contributed by atoms with van der Waals surface area (Å²) in [5.74, 6) is -0.323. The van der Waals surface area contributed by atoms with Gasteiger partial charge in [-0.25, -0.2) is 4.79 Å².